The van der Waals surface area contributed by atoms with E-state index in [2.05, 4.69) is 5.32 Å². The molecule has 3 nitrogen and oxygen atoms in total. The lowest BCUT2D eigenvalue weighted by atomic mass is 10.3. The first-order chi connectivity index (χ1) is 10.4. The number of amides is 1. The first-order valence-corrected chi connectivity index (χ1v) is 7.75. The van der Waals surface area contributed by atoms with Crippen LogP contribution in [0.15, 0.2) is 36.4 Å². The average molecular weight is 379 g/mol. The highest BCUT2D eigenvalue weighted by molar-refractivity contribution is 6.37. The van der Waals surface area contributed by atoms with Gasteiger partial charge in [0.15, 0.2) is 6.10 Å². The van der Waals surface area contributed by atoms with Crippen LogP contribution in [0.1, 0.15) is 6.92 Å². The normalized spacial score (nSPS) is 11.9. The van der Waals surface area contributed by atoms with Crippen LogP contribution >= 0.6 is 46.4 Å². The molecule has 7 heteroatoms. The minimum Gasteiger partial charge on any atom is -0.479 e. The van der Waals surface area contributed by atoms with E-state index in [-0.39, 0.29) is 5.91 Å². The fraction of sp³-hybridized carbons (Fsp3) is 0.133. The number of carbonyl (C=O) groups excluding carboxylic acids is 1. The third-order valence-corrected chi connectivity index (χ3v) is 3.83. The van der Waals surface area contributed by atoms with Crippen molar-refractivity contribution in [3.05, 3.63) is 56.5 Å². The number of anilines is 1. The van der Waals surface area contributed by atoms with Gasteiger partial charge in [-0.2, -0.15) is 0 Å². The number of ether oxygens (including phenoxy) is 1. The highest BCUT2D eigenvalue weighted by Gasteiger charge is 2.17. The molecule has 1 N–H and O–H groups in total. The summed E-state index contributed by atoms with van der Waals surface area (Å²) >= 11 is 23.6. The fourth-order valence-corrected chi connectivity index (χ4v) is 2.55. The zero-order valence-corrected chi connectivity index (χ0v) is 14.4. The third kappa shape index (κ3) is 4.43. The van der Waals surface area contributed by atoms with Crippen LogP contribution in [0.5, 0.6) is 5.75 Å². The van der Waals surface area contributed by atoms with Gasteiger partial charge >= 0.3 is 0 Å². The van der Waals surface area contributed by atoms with Gasteiger partial charge < -0.3 is 10.1 Å². The van der Waals surface area contributed by atoms with Gasteiger partial charge in [-0.15, -0.1) is 0 Å². The second kappa shape index (κ2) is 7.42. The quantitative estimate of drug-likeness (QED) is 0.740. The number of benzene rings is 2. The number of halogens is 4. The maximum atomic E-state index is 12.1. The molecular weight excluding hydrogens is 368 g/mol. The first-order valence-electron chi connectivity index (χ1n) is 6.24. The third-order valence-electron chi connectivity index (χ3n) is 2.76. The number of carbonyl (C=O) groups is 1. The molecule has 2 aromatic carbocycles. The summed E-state index contributed by atoms with van der Waals surface area (Å²) in [6.45, 7) is 1.60. The van der Waals surface area contributed by atoms with E-state index in [0.717, 1.165) is 0 Å². The minimum absolute atomic E-state index is 0.330. The van der Waals surface area contributed by atoms with Crippen LogP contribution in [-0.2, 0) is 4.79 Å². The number of hydrogen-bond donors (Lipinski definition) is 1. The molecule has 0 heterocycles. The molecule has 0 aromatic heterocycles. The van der Waals surface area contributed by atoms with Crippen molar-refractivity contribution in [2.24, 2.45) is 0 Å². The fourth-order valence-electron chi connectivity index (χ4n) is 1.64. The highest BCUT2D eigenvalue weighted by Crippen LogP contribution is 2.29. The second-order valence-corrected chi connectivity index (χ2v) is 6.14. The summed E-state index contributed by atoms with van der Waals surface area (Å²) in [6, 6.07) is 9.56. The van der Waals surface area contributed by atoms with Crippen LogP contribution < -0.4 is 10.1 Å². The lowest BCUT2D eigenvalue weighted by Crippen LogP contribution is -2.30. The summed E-state index contributed by atoms with van der Waals surface area (Å²) in [5.41, 5.74) is 0.453. The molecule has 0 fully saturated rings. The molecule has 0 saturated heterocycles. The largest absolute Gasteiger partial charge is 0.479 e. The number of nitrogens with one attached hydrogen (secondary N) is 1. The highest BCUT2D eigenvalue weighted by atomic mass is 35.5. The number of hydrogen-bond acceptors (Lipinski definition) is 2. The Hall–Kier alpha value is -1.13. The van der Waals surface area contributed by atoms with Crippen molar-refractivity contribution >= 4 is 58.0 Å². The van der Waals surface area contributed by atoms with Gasteiger partial charge in [0.25, 0.3) is 5.91 Å². The topological polar surface area (TPSA) is 38.3 Å². The standard InChI is InChI=1S/C15H11Cl4NO2/c1-8(22-14-5-3-10(17)7-12(14)19)15(21)20-13-4-2-9(16)6-11(13)18/h2-8H,1H3,(H,20,21)/t8-/m0/s1. The van der Waals surface area contributed by atoms with Gasteiger partial charge in [0.2, 0.25) is 0 Å². The molecule has 0 aliphatic heterocycles. The predicted molar refractivity (Wildman–Crippen MR) is 91.6 cm³/mol. The molecule has 0 unspecified atom stereocenters. The Morgan fingerprint density at radius 3 is 2.18 bits per heavy atom. The molecule has 0 aliphatic carbocycles. The van der Waals surface area contributed by atoms with Crippen molar-refractivity contribution in [3.8, 4) is 5.75 Å². The van der Waals surface area contributed by atoms with Gasteiger partial charge in [-0.25, -0.2) is 0 Å². The van der Waals surface area contributed by atoms with Crippen LogP contribution in [-0.4, -0.2) is 12.0 Å². The Labute approximate surface area is 148 Å². The summed E-state index contributed by atoms with van der Waals surface area (Å²) in [6.07, 6.45) is -0.773. The molecular formula is C15H11Cl4NO2. The lowest BCUT2D eigenvalue weighted by molar-refractivity contribution is -0.122. The zero-order valence-electron chi connectivity index (χ0n) is 11.4. The molecule has 1 atom stereocenters. The summed E-state index contributed by atoms with van der Waals surface area (Å²) in [7, 11) is 0. The Bertz CT molecular complexity index is 706. The first kappa shape index (κ1) is 17.2. The van der Waals surface area contributed by atoms with Gasteiger partial charge in [0.1, 0.15) is 5.75 Å². The van der Waals surface area contributed by atoms with E-state index >= 15 is 0 Å². The summed E-state index contributed by atoms with van der Waals surface area (Å²) in [4.78, 5) is 12.1. The van der Waals surface area contributed by atoms with Crippen LogP contribution in [0.2, 0.25) is 20.1 Å². The van der Waals surface area contributed by atoms with Gasteiger partial charge in [0.05, 0.1) is 15.7 Å². The maximum Gasteiger partial charge on any atom is 0.265 e. The molecule has 0 aliphatic rings. The van der Waals surface area contributed by atoms with Crippen molar-refractivity contribution in [3.63, 3.8) is 0 Å². The van der Waals surface area contributed by atoms with E-state index in [1.54, 1.807) is 43.3 Å². The average Bonchev–Trinajstić information content (AvgIpc) is 2.44. The maximum absolute atomic E-state index is 12.1. The van der Waals surface area contributed by atoms with Crippen LogP contribution in [0.3, 0.4) is 0 Å². The van der Waals surface area contributed by atoms with E-state index < -0.39 is 6.10 Å². The molecule has 0 spiro atoms. The zero-order chi connectivity index (χ0) is 16.3. The van der Waals surface area contributed by atoms with Crippen molar-refractivity contribution in [2.45, 2.75) is 13.0 Å². The molecule has 0 radical (unpaired) electrons. The molecule has 0 bridgehead atoms. The SMILES string of the molecule is C[C@H](Oc1ccc(Cl)cc1Cl)C(=O)Nc1ccc(Cl)cc1Cl. The van der Waals surface area contributed by atoms with E-state index in [1.807, 2.05) is 0 Å². The van der Waals surface area contributed by atoms with Gasteiger partial charge in [-0.1, -0.05) is 46.4 Å². The minimum atomic E-state index is -0.773. The van der Waals surface area contributed by atoms with Gasteiger partial charge in [0, 0.05) is 10.0 Å². The Balaban J connectivity index is 2.05. The van der Waals surface area contributed by atoms with Gasteiger partial charge in [-0.05, 0) is 43.3 Å². The van der Waals surface area contributed by atoms with E-state index in [0.29, 0.717) is 31.5 Å². The molecule has 0 saturated carbocycles. The molecule has 2 aromatic rings. The van der Waals surface area contributed by atoms with Gasteiger partial charge in [-0.3, -0.25) is 4.79 Å². The Kier molecular flexibility index (Phi) is 5.81. The van der Waals surface area contributed by atoms with Crippen molar-refractivity contribution < 1.29 is 9.53 Å². The van der Waals surface area contributed by atoms with Crippen LogP contribution in [0.4, 0.5) is 5.69 Å². The van der Waals surface area contributed by atoms with E-state index in [1.165, 1.54) is 0 Å². The summed E-state index contributed by atoms with van der Waals surface area (Å²) in [5.74, 6) is 0.00570. The van der Waals surface area contributed by atoms with Crippen molar-refractivity contribution in [1.82, 2.24) is 0 Å². The predicted octanol–water partition coefficient (Wildman–Crippen LogP) is 5.71. The van der Waals surface area contributed by atoms with Crippen molar-refractivity contribution in [1.29, 1.82) is 0 Å². The Morgan fingerprint density at radius 2 is 1.59 bits per heavy atom. The van der Waals surface area contributed by atoms with Crippen LogP contribution in [0.25, 0.3) is 0 Å². The monoisotopic (exact) mass is 377 g/mol. The number of rotatable bonds is 4. The lowest BCUT2D eigenvalue weighted by Gasteiger charge is -2.16. The van der Waals surface area contributed by atoms with Crippen molar-refractivity contribution in [2.75, 3.05) is 5.32 Å². The molecule has 2 rings (SSSR count). The molecule has 116 valence electrons. The molecule has 22 heavy (non-hydrogen) atoms. The van der Waals surface area contributed by atoms with Crippen LogP contribution in [0, 0.1) is 0 Å². The van der Waals surface area contributed by atoms with E-state index in [4.69, 9.17) is 51.1 Å². The molecule has 1 amide bonds. The van der Waals surface area contributed by atoms with E-state index in [9.17, 15) is 4.79 Å². The smallest absolute Gasteiger partial charge is 0.265 e. The summed E-state index contributed by atoms with van der Waals surface area (Å²) in [5, 5.41) is 4.31. The summed E-state index contributed by atoms with van der Waals surface area (Å²) < 4.78 is 5.53. The second-order valence-electron chi connectivity index (χ2n) is 4.45. The Morgan fingerprint density at radius 1 is 1.00 bits per heavy atom.